The van der Waals surface area contributed by atoms with Gasteiger partial charge >= 0.3 is 5.97 Å². The van der Waals surface area contributed by atoms with Crippen LogP contribution in [0, 0.1) is 0 Å². The lowest BCUT2D eigenvalue weighted by molar-refractivity contribution is -0.131. The number of carboxylic acids is 1. The Labute approximate surface area is 109 Å². The van der Waals surface area contributed by atoms with Gasteiger partial charge in [-0.1, -0.05) is 0 Å². The van der Waals surface area contributed by atoms with Crippen molar-refractivity contribution in [3.63, 3.8) is 0 Å². The number of sulfone groups is 1. The van der Waals surface area contributed by atoms with Crippen LogP contribution >= 0.6 is 11.3 Å². The number of ether oxygens (including phenoxy) is 1. The number of aromatic nitrogens is 1. The predicted molar refractivity (Wildman–Crippen MR) is 68.0 cm³/mol. The van der Waals surface area contributed by atoms with E-state index >= 15 is 0 Å². The highest BCUT2D eigenvalue weighted by Crippen LogP contribution is 2.22. The Morgan fingerprint density at radius 3 is 2.72 bits per heavy atom. The molecule has 0 saturated heterocycles. The first kappa shape index (κ1) is 14.8. The molecule has 18 heavy (non-hydrogen) atoms. The van der Waals surface area contributed by atoms with E-state index in [1.54, 1.807) is 0 Å². The number of hydrogen-bond acceptors (Lipinski definition) is 6. The van der Waals surface area contributed by atoms with Crippen LogP contribution in [0.4, 0.5) is 0 Å². The molecule has 0 fully saturated rings. The van der Waals surface area contributed by atoms with E-state index in [2.05, 4.69) is 4.98 Å². The van der Waals surface area contributed by atoms with E-state index < -0.39 is 15.8 Å². The van der Waals surface area contributed by atoms with Crippen LogP contribution in [0.15, 0.2) is 6.08 Å². The van der Waals surface area contributed by atoms with Crippen LogP contribution in [-0.4, -0.2) is 37.8 Å². The minimum atomic E-state index is -3.16. The number of carbonyl (C=O) groups is 1. The van der Waals surface area contributed by atoms with Gasteiger partial charge in [0.25, 0.3) is 0 Å². The number of methoxy groups -OCH3 is 1. The van der Waals surface area contributed by atoms with Crippen molar-refractivity contribution in [3.05, 3.63) is 21.7 Å². The van der Waals surface area contributed by atoms with E-state index in [9.17, 15) is 13.2 Å². The molecule has 100 valence electrons. The van der Waals surface area contributed by atoms with E-state index in [0.717, 1.165) is 23.7 Å². The number of rotatable bonds is 6. The maximum atomic E-state index is 11.2. The first-order chi connectivity index (χ1) is 8.31. The molecule has 1 heterocycles. The van der Waals surface area contributed by atoms with Crippen molar-refractivity contribution in [1.82, 2.24) is 4.98 Å². The highest BCUT2D eigenvalue weighted by atomic mass is 32.2. The SMILES string of the molecule is COCc1nc(CS(C)(=O)=O)sc1/C=C/C(=O)O. The Kier molecular flexibility index (Phi) is 5.00. The van der Waals surface area contributed by atoms with Crippen LogP contribution in [0.2, 0.25) is 0 Å². The fourth-order valence-corrected chi connectivity index (χ4v) is 3.38. The molecule has 1 N–H and O–H groups in total. The van der Waals surface area contributed by atoms with Crippen LogP contribution in [-0.2, 0) is 31.7 Å². The van der Waals surface area contributed by atoms with Gasteiger partial charge in [-0.3, -0.25) is 0 Å². The van der Waals surface area contributed by atoms with Gasteiger partial charge in [0.05, 0.1) is 17.2 Å². The van der Waals surface area contributed by atoms with Crippen molar-refractivity contribution in [2.75, 3.05) is 13.4 Å². The molecule has 0 aliphatic rings. The highest BCUT2D eigenvalue weighted by molar-refractivity contribution is 7.90. The molecule has 0 amide bonds. The van der Waals surface area contributed by atoms with Crippen LogP contribution < -0.4 is 0 Å². The Morgan fingerprint density at radius 2 is 2.22 bits per heavy atom. The second kappa shape index (κ2) is 6.07. The summed E-state index contributed by atoms with van der Waals surface area (Å²) in [6.45, 7) is 0.208. The lowest BCUT2D eigenvalue weighted by Gasteiger charge is -1.94. The zero-order valence-electron chi connectivity index (χ0n) is 9.91. The summed E-state index contributed by atoms with van der Waals surface area (Å²) in [6.07, 6.45) is 3.49. The number of aliphatic carboxylic acids is 1. The quantitative estimate of drug-likeness (QED) is 0.784. The van der Waals surface area contributed by atoms with E-state index in [1.807, 2.05) is 0 Å². The van der Waals surface area contributed by atoms with Crippen LogP contribution in [0.1, 0.15) is 15.6 Å². The lowest BCUT2D eigenvalue weighted by atomic mass is 10.3. The van der Waals surface area contributed by atoms with Crippen molar-refractivity contribution in [2.24, 2.45) is 0 Å². The van der Waals surface area contributed by atoms with Gasteiger partial charge in [0.2, 0.25) is 0 Å². The van der Waals surface area contributed by atoms with Gasteiger partial charge in [0.15, 0.2) is 9.84 Å². The Balaban J connectivity index is 3.04. The number of thiazole rings is 1. The minimum absolute atomic E-state index is 0.157. The molecule has 0 bridgehead atoms. The van der Waals surface area contributed by atoms with Gasteiger partial charge in [-0.2, -0.15) is 0 Å². The van der Waals surface area contributed by atoms with Gasteiger partial charge in [-0.05, 0) is 6.08 Å². The average Bonchev–Trinajstić information content (AvgIpc) is 2.55. The first-order valence-corrected chi connectivity index (χ1v) is 7.76. The third-order valence-electron chi connectivity index (χ3n) is 1.82. The minimum Gasteiger partial charge on any atom is -0.478 e. The standard InChI is InChI=1S/C10H13NO5S2/c1-16-5-7-8(3-4-10(12)13)17-9(11-7)6-18(2,14)15/h3-4H,5-6H2,1-2H3,(H,12,13)/b4-3+. The van der Waals surface area contributed by atoms with Crippen LogP contribution in [0.3, 0.4) is 0 Å². The fourth-order valence-electron chi connectivity index (χ4n) is 1.22. The van der Waals surface area contributed by atoms with Crippen LogP contribution in [0.5, 0.6) is 0 Å². The summed E-state index contributed by atoms with van der Waals surface area (Å²) in [5.41, 5.74) is 0.540. The number of carboxylic acid groups (broad SMARTS) is 1. The second-order valence-electron chi connectivity index (χ2n) is 3.59. The molecule has 0 radical (unpaired) electrons. The Bertz CT molecular complexity index is 559. The summed E-state index contributed by atoms with van der Waals surface area (Å²) in [4.78, 5) is 15.2. The van der Waals surface area contributed by atoms with Crippen molar-refractivity contribution in [1.29, 1.82) is 0 Å². The second-order valence-corrected chi connectivity index (χ2v) is 6.85. The maximum absolute atomic E-state index is 11.2. The lowest BCUT2D eigenvalue weighted by Crippen LogP contribution is -2.00. The third-order valence-corrected chi connectivity index (χ3v) is 3.86. The van der Waals surface area contributed by atoms with Gasteiger partial charge in [-0.25, -0.2) is 18.2 Å². The summed E-state index contributed by atoms with van der Waals surface area (Å²) >= 11 is 1.15. The summed E-state index contributed by atoms with van der Waals surface area (Å²) in [5.74, 6) is -1.23. The van der Waals surface area contributed by atoms with Crippen molar-refractivity contribution in [3.8, 4) is 0 Å². The normalized spacial score (nSPS) is 12.1. The zero-order valence-corrected chi connectivity index (χ0v) is 11.5. The Morgan fingerprint density at radius 1 is 1.56 bits per heavy atom. The molecule has 0 aliphatic heterocycles. The van der Waals surface area contributed by atoms with Gasteiger partial charge in [0, 0.05) is 19.4 Å². The molecule has 8 heteroatoms. The van der Waals surface area contributed by atoms with Crippen LogP contribution in [0.25, 0.3) is 6.08 Å². The zero-order chi connectivity index (χ0) is 13.8. The molecule has 1 rings (SSSR count). The van der Waals surface area contributed by atoms with Gasteiger partial charge in [0.1, 0.15) is 10.8 Å². The fraction of sp³-hybridized carbons (Fsp3) is 0.400. The van der Waals surface area contributed by atoms with E-state index in [1.165, 1.54) is 13.2 Å². The summed E-state index contributed by atoms with van der Waals surface area (Å²) < 4.78 is 27.3. The molecular weight excluding hydrogens is 278 g/mol. The number of hydrogen-bond donors (Lipinski definition) is 1. The molecule has 0 aromatic carbocycles. The monoisotopic (exact) mass is 291 g/mol. The molecule has 0 spiro atoms. The molecular formula is C10H13NO5S2. The first-order valence-electron chi connectivity index (χ1n) is 4.88. The predicted octanol–water partition coefficient (Wildman–Crippen LogP) is 0.932. The summed E-state index contributed by atoms with van der Waals surface area (Å²) in [7, 11) is -1.67. The molecule has 6 nitrogen and oxygen atoms in total. The third kappa shape index (κ3) is 4.94. The smallest absolute Gasteiger partial charge is 0.328 e. The van der Waals surface area contributed by atoms with E-state index in [-0.39, 0.29) is 12.4 Å². The molecule has 0 aliphatic carbocycles. The highest BCUT2D eigenvalue weighted by Gasteiger charge is 2.13. The average molecular weight is 291 g/mol. The molecule has 0 unspecified atom stereocenters. The number of nitrogens with zero attached hydrogens (tertiary/aromatic N) is 1. The summed E-state index contributed by atoms with van der Waals surface area (Å²) in [5, 5.41) is 8.98. The van der Waals surface area contributed by atoms with E-state index in [4.69, 9.17) is 9.84 Å². The van der Waals surface area contributed by atoms with E-state index in [0.29, 0.717) is 15.6 Å². The molecule has 1 aromatic rings. The topological polar surface area (TPSA) is 93.6 Å². The molecule has 0 atom stereocenters. The van der Waals surface area contributed by atoms with Crippen molar-refractivity contribution >= 4 is 33.2 Å². The van der Waals surface area contributed by atoms with Gasteiger partial charge in [-0.15, -0.1) is 11.3 Å². The maximum Gasteiger partial charge on any atom is 0.328 e. The molecule has 0 saturated carbocycles. The Hall–Kier alpha value is -1.25. The van der Waals surface area contributed by atoms with Crippen molar-refractivity contribution < 1.29 is 23.1 Å². The molecule has 1 aromatic heterocycles. The van der Waals surface area contributed by atoms with Gasteiger partial charge < -0.3 is 9.84 Å². The summed E-state index contributed by atoms with van der Waals surface area (Å²) in [6, 6.07) is 0. The largest absolute Gasteiger partial charge is 0.478 e. The van der Waals surface area contributed by atoms with Crippen molar-refractivity contribution in [2.45, 2.75) is 12.4 Å².